The van der Waals surface area contributed by atoms with Crippen LogP contribution in [0, 0.1) is 0 Å². The van der Waals surface area contributed by atoms with E-state index in [2.05, 4.69) is 50.3 Å². The van der Waals surface area contributed by atoms with Crippen LogP contribution in [0.25, 0.3) is 33.3 Å². The van der Waals surface area contributed by atoms with Gasteiger partial charge in [0, 0.05) is 54.3 Å². The molecule has 0 amide bonds. The van der Waals surface area contributed by atoms with Crippen molar-refractivity contribution in [1.29, 1.82) is 0 Å². The van der Waals surface area contributed by atoms with Crippen LogP contribution in [-0.4, -0.2) is 41.7 Å². The van der Waals surface area contributed by atoms with Crippen LogP contribution in [0.4, 0.5) is 5.69 Å². The first kappa shape index (κ1) is 21.0. The smallest absolute Gasteiger partial charge is 0.257 e. The van der Waals surface area contributed by atoms with Gasteiger partial charge in [0.05, 0.1) is 18.1 Å². The first-order valence-electron chi connectivity index (χ1n) is 10.5. The molecule has 5 aromatic rings. The van der Waals surface area contributed by atoms with Gasteiger partial charge in [-0.25, -0.2) is 13.4 Å². The summed E-state index contributed by atoms with van der Waals surface area (Å²) in [5.41, 5.74) is 6.18. The maximum absolute atomic E-state index is 12.8. The van der Waals surface area contributed by atoms with Gasteiger partial charge < -0.3 is 9.88 Å². The van der Waals surface area contributed by atoms with Crippen LogP contribution in [0.3, 0.4) is 0 Å². The van der Waals surface area contributed by atoms with E-state index in [0.29, 0.717) is 5.56 Å². The number of nitrogens with zero attached hydrogens (tertiary/aromatic N) is 4. The molecule has 0 saturated heterocycles. The summed E-state index contributed by atoms with van der Waals surface area (Å²) in [5.74, 6) is -0.114. The summed E-state index contributed by atoms with van der Waals surface area (Å²) in [5, 5.41) is 5.05. The largest absolute Gasteiger partial charge is 0.378 e. The minimum absolute atomic E-state index is 0.114. The molecule has 0 bridgehead atoms. The van der Waals surface area contributed by atoms with E-state index in [0.717, 1.165) is 43.1 Å². The van der Waals surface area contributed by atoms with Crippen LogP contribution >= 0.6 is 0 Å². The number of aromatic amines is 1. The quantitative estimate of drug-likeness (QED) is 0.405. The zero-order valence-electron chi connectivity index (χ0n) is 18.3. The molecule has 8 heteroatoms. The minimum atomic E-state index is -3.62. The summed E-state index contributed by atoms with van der Waals surface area (Å²) in [6, 6.07) is 19.4. The van der Waals surface area contributed by atoms with Crippen LogP contribution in [-0.2, 0) is 15.8 Å². The van der Waals surface area contributed by atoms with E-state index in [1.54, 1.807) is 24.5 Å². The van der Waals surface area contributed by atoms with Crippen molar-refractivity contribution in [3.8, 4) is 22.3 Å². The van der Waals surface area contributed by atoms with Crippen LogP contribution in [0.15, 0.2) is 85.5 Å². The maximum Gasteiger partial charge on any atom is 0.257 e. The highest BCUT2D eigenvalue weighted by molar-refractivity contribution is 7.89. The van der Waals surface area contributed by atoms with Crippen molar-refractivity contribution in [3.63, 3.8) is 0 Å². The van der Waals surface area contributed by atoms with Crippen molar-refractivity contribution in [2.24, 2.45) is 0 Å². The average Bonchev–Trinajstić information content (AvgIpc) is 3.47. The molecule has 0 unspecified atom stereocenters. The number of hydrogen-bond acceptors (Lipinski definition) is 5. The second-order valence-corrected chi connectivity index (χ2v) is 9.93. The summed E-state index contributed by atoms with van der Waals surface area (Å²) in [6.45, 7) is 0. The lowest BCUT2D eigenvalue weighted by Gasteiger charge is -2.12. The van der Waals surface area contributed by atoms with E-state index in [9.17, 15) is 8.42 Å². The van der Waals surface area contributed by atoms with Crippen LogP contribution in [0.1, 0.15) is 5.56 Å². The Hall–Kier alpha value is -3.91. The fraction of sp³-hybridized carbons (Fsp3) is 0.120. The molecular weight excluding hydrogens is 434 g/mol. The molecular formula is C25H23N5O2S. The molecule has 0 saturated carbocycles. The molecule has 0 spiro atoms. The number of rotatable bonds is 6. The van der Waals surface area contributed by atoms with Gasteiger partial charge in [-0.2, -0.15) is 9.19 Å². The van der Waals surface area contributed by atoms with Crippen molar-refractivity contribution in [2.75, 3.05) is 19.0 Å². The minimum Gasteiger partial charge on any atom is -0.378 e. The standard InChI is InChI=1S/C25H23N5O2S/c1-29(2)22-10-8-19(9-11-22)20-12-23-24(15-27-25(23)26-13-20)21-14-28-30(16-21)33(31,32)17-18-6-4-3-5-7-18/h3-16H,17H2,1-2H3,(H,26,27). The number of fused-ring (bicyclic) bond motifs is 1. The molecule has 5 rings (SSSR count). The molecule has 0 fully saturated rings. The van der Waals surface area contributed by atoms with Crippen molar-refractivity contribution in [3.05, 3.63) is 91.0 Å². The number of anilines is 1. The second kappa shape index (κ2) is 8.22. The molecule has 7 nitrogen and oxygen atoms in total. The molecule has 3 heterocycles. The van der Waals surface area contributed by atoms with Crippen molar-refractivity contribution in [2.45, 2.75) is 5.75 Å². The van der Waals surface area contributed by atoms with E-state index in [4.69, 9.17) is 0 Å². The number of nitrogens with one attached hydrogen (secondary N) is 1. The lowest BCUT2D eigenvalue weighted by molar-refractivity contribution is 0.579. The van der Waals surface area contributed by atoms with E-state index < -0.39 is 10.0 Å². The van der Waals surface area contributed by atoms with Crippen LogP contribution in [0.5, 0.6) is 0 Å². The monoisotopic (exact) mass is 457 g/mol. The van der Waals surface area contributed by atoms with Crippen LogP contribution < -0.4 is 4.90 Å². The number of aromatic nitrogens is 4. The molecule has 0 atom stereocenters. The van der Waals surface area contributed by atoms with E-state index in [1.165, 1.54) is 0 Å². The topological polar surface area (TPSA) is 83.9 Å². The van der Waals surface area contributed by atoms with Gasteiger partial charge in [0.1, 0.15) is 5.65 Å². The normalized spacial score (nSPS) is 11.7. The van der Waals surface area contributed by atoms with Crippen molar-refractivity contribution >= 4 is 26.7 Å². The van der Waals surface area contributed by atoms with Gasteiger partial charge in [0.15, 0.2) is 0 Å². The Morgan fingerprint density at radius 2 is 1.70 bits per heavy atom. The predicted octanol–water partition coefficient (Wildman–Crippen LogP) is 4.54. The SMILES string of the molecule is CN(C)c1ccc(-c2cnc3[nH]cc(-c4cnn(S(=O)(=O)Cc5ccccc5)c4)c3c2)cc1. The predicted molar refractivity (Wildman–Crippen MR) is 132 cm³/mol. The summed E-state index contributed by atoms with van der Waals surface area (Å²) in [7, 11) is 0.394. The number of hydrogen-bond donors (Lipinski definition) is 1. The Labute approximate surface area is 192 Å². The molecule has 166 valence electrons. The van der Waals surface area contributed by atoms with Crippen LogP contribution in [0.2, 0.25) is 0 Å². The Balaban J connectivity index is 1.48. The lowest BCUT2D eigenvalue weighted by atomic mass is 10.0. The fourth-order valence-electron chi connectivity index (χ4n) is 3.80. The highest BCUT2D eigenvalue weighted by Crippen LogP contribution is 2.31. The molecule has 3 aromatic heterocycles. The molecule has 0 aliphatic rings. The third kappa shape index (κ3) is 4.12. The molecule has 0 aliphatic heterocycles. The van der Waals surface area contributed by atoms with Crippen molar-refractivity contribution < 1.29 is 8.42 Å². The second-order valence-electron chi connectivity index (χ2n) is 8.11. The summed E-state index contributed by atoms with van der Waals surface area (Å²) < 4.78 is 26.7. The van der Waals surface area contributed by atoms with E-state index >= 15 is 0 Å². The molecule has 2 aromatic carbocycles. The van der Waals surface area contributed by atoms with Gasteiger partial charge in [-0.1, -0.05) is 42.5 Å². The maximum atomic E-state index is 12.8. The molecule has 0 radical (unpaired) electrons. The molecule has 33 heavy (non-hydrogen) atoms. The molecule has 1 N–H and O–H groups in total. The third-order valence-electron chi connectivity index (χ3n) is 5.60. The number of pyridine rings is 1. The Kier molecular flexibility index (Phi) is 5.22. The lowest BCUT2D eigenvalue weighted by Crippen LogP contribution is -2.15. The average molecular weight is 458 g/mol. The van der Waals surface area contributed by atoms with E-state index in [1.807, 2.05) is 44.7 Å². The van der Waals surface area contributed by atoms with Crippen molar-refractivity contribution in [1.82, 2.24) is 19.2 Å². The summed E-state index contributed by atoms with van der Waals surface area (Å²) in [6.07, 6.45) is 6.80. The number of H-pyrrole nitrogens is 1. The van der Waals surface area contributed by atoms with Gasteiger partial charge in [0.2, 0.25) is 0 Å². The summed E-state index contributed by atoms with van der Waals surface area (Å²) in [4.78, 5) is 9.79. The molecule has 0 aliphatic carbocycles. The third-order valence-corrected chi connectivity index (χ3v) is 7.06. The first-order chi connectivity index (χ1) is 15.9. The zero-order valence-corrected chi connectivity index (χ0v) is 19.1. The van der Waals surface area contributed by atoms with Gasteiger partial charge in [-0.15, -0.1) is 0 Å². The number of benzene rings is 2. The summed E-state index contributed by atoms with van der Waals surface area (Å²) >= 11 is 0. The zero-order chi connectivity index (χ0) is 23.0. The highest BCUT2D eigenvalue weighted by Gasteiger charge is 2.18. The van der Waals surface area contributed by atoms with E-state index in [-0.39, 0.29) is 5.75 Å². The van der Waals surface area contributed by atoms with Gasteiger partial charge in [0.25, 0.3) is 10.0 Å². The van der Waals surface area contributed by atoms with Gasteiger partial charge >= 0.3 is 0 Å². The highest BCUT2D eigenvalue weighted by atomic mass is 32.2. The van der Waals surface area contributed by atoms with Gasteiger partial charge in [-0.3, -0.25) is 0 Å². The Morgan fingerprint density at radius 1 is 0.939 bits per heavy atom. The first-order valence-corrected chi connectivity index (χ1v) is 12.1. The van der Waals surface area contributed by atoms with Gasteiger partial charge in [-0.05, 0) is 29.3 Å². The Bertz CT molecular complexity index is 1520. The fourth-order valence-corrected chi connectivity index (χ4v) is 5.01. The Morgan fingerprint density at radius 3 is 2.42 bits per heavy atom.